The molecule has 1 amide bonds. The van der Waals surface area contributed by atoms with Crippen molar-refractivity contribution in [3.05, 3.63) is 50.3 Å². The number of aromatic hydroxyl groups is 1. The van der Waals surface area contributed by atoms with Crippen LogP contribution in [0.2, 0.25) is 10.0 Å². The first kappa shape index (κ1) is 22.5. The first-order valence-electron chi connectivity index (χ1n) is 9.28. The van der Waals surface area contributed by atoms with Crippen LogP contribution in [0.5, 0.6) is 5.75 Å². The number of aromatic nitrogens is 1. The van der Waals surface area contributed by atoms with E-state index >= 15 is 0 Å². The molecule has 0 saturated heterocycles. The van der Waals surface area contributed by atoms with Crippen LogP contribution in [0, 0.1) is 6.92 Å². The average Bonchev–Trinajstić information content (AvgIpc) is 2.70. The van der Waals surface area contributed by atoms with Crippen molar-refractivity contribution in [1.82, 2.24) is 9.88 Å². The first-order chi connectivity index (χ1) is 14.0. The normalized spacial score (nSPS) is 14.0. The number of benzene rings is 1. The van der Waals surface area contributed by atoms with Gasteiger partial charge in [0.25, 0.3) is 0 Å². The van der Waals surface area contributed by atoms with Gasteiger partial charge in [0.15, 0.2) is 5.75 Å². The Bertz CT molecular complexity index is 996. The summed E-state index contributed by atoms with van der Waals surface area (Å²) >= 11 is 12.4. The second kappa shape index (κ2) is 8.51. The van der Waals surface area contributed by atoms with Gasteiger partial charge in [0, 0.05) is 31.4 Å². The van der Waals surface area contributed by atoms with E-state index in [1.807, 2.05) is 0 Å². The Kier molecular flexibility index (Phi) is 6.38. The summed E-state index contributed by atoms with van der Waals surface area (Å²) in [7, 11) is 0. The summed E-state index contributed by atoms with van der Waals surface area (Å²) in [5.41, 5.74) is 7.27. The summed E-state index contributed by atoms with van der Waals surface area (Å²) in [5, 5.41) is 10.3. The molecule has 0 fully saturated rings. The number of rotatable bonds is 4. The van der Waals surface area contributed by atoms with Crippen molar-refractivity contribution in [3.63, 3.8) is 0 Å². The van der Waals surface area contributed by atoms with Crippen molar-refractivity contribution in [2.45, 2.75) is 45.3 Å². The van der Waals surface area contributed by atoms with E-state index in [0.717, 1.165) is 12.3 Å². The molecule has 3 N–H and O–H groups in total. The molecule has 1 aromatic heterocycles. The number of aryl methyl sites for hydroxylation is 2. The van der Waals surface area contributed by atoms with Gasteiger partial charge in [0.05, 0.1) is 21.3 Å². The van der Waals surface area contributed by atoms with Crippen molar-refractivity contribution in [1.29, 1.82) is 0 Å². The molecule has 2 heterocycles. The van der Waals surface area contributed by atoms with Gasteiger partial charge < -0.3 is 15.7 Å². The third-order valence-corrected chi connectivity index (χ3v) is 6.08. The van der Waals surface area contributed by atoms with E-state index in [4.69, 9.17) is 28.9 Å². The molecule has 0 aliphatic carbocycles. The molecular weight excluding hydrogens is 442 g/mol. The molecule has 0 unspecified atom stereocenters. The van der Waals surface area contributed by atoms with E-state index in [1.54, 1.807) is 11.8 Å². The van der Waals surface area contributed by atoms with Crippen molar-refractivity contribution in [3.8, 4) is 5.75 Å². The monoisotopic (exact) mass is 461 g/mol. The Labute approximate surface area is 181 Å². The van der Waals surface area contributed by atoms with Gasteiger partial charge in [-0.25, -0.2) is 0 Å². The Morgan fingerprint density at radius 3 is 2.63 bits per heavy atom. The molecule has 0 bridgehead atoms. The van der Waals surface area contributed by atoms with Crippen LogP contribution in [0.3, 0.4) is 0 Å². The lowest BCUT2D eigenvalue weighted by molar-refractivity contribution is -0.138. The number of nitrogen functional groups attached to an aromatic ring is 1. The molecular formula is C20H20Cl2F3N3O2. The average molecular weight is 462 g/mol. The fourth-order valence-electron chi connectivity index (χ4n) is 3.53. The van der Waals surface area contributed by atoms with E-state index < -0.39 is 11.7 Å². The second-order valence-corrected chi connectivity index (χ2v) is 8.01. The van der Waals surface area contributed by atoms with Gasteiger partial charge in [-0.2, -0.15) is 13.2 Å². The minimum atomic E-state index is -4.43. The summed E-state index contributed by atoms with van der Waals surface area (Å²) in [5.74, 6) is -0.358. The minimum absolute atomic E-state index is 0.0152. The van der Waals surface area contributed by atoms with Crippen LogP contribution in [-0.2, 0) is 30.4 Å². The smallest absolute Gasteiger partial charge is 0.417 e. The number of alkyl halides is 3. The second-order valence-electron chi connectivity index (χ2n) is 7.25. The summed E-state index contributed by atoms with van der Waals surface area (Å²) in [4.78, 5) is 18.2. The summed E-state index contributed by atoms with van der Waals surface area (Å²) < 4.78 is 38.2. The summed E-state index contributed by atoms with van der Waals surface area (Å²) in [6.07, 6.45) is -2.11. The van der Waals surface area contributed by atoms with Crippen LogP contribution in [-0.4, -0.2) is 27.4 Å². The van der Waals surface area contributed by atoms with E-state index in [-0.39, 0.29) is 40.4 Å². The van der Waals surface area contributed by atoms with Crippen molar-refractivity contribution in [2.24, 2.45) is 0 Å². The summed E-state index contributed by atoms with van der Waals surface area (Å²) in [6, 6.07) is 1.07. The van der Waals surface area contributed by atoms with Crippen LogP contribution >= 0.6 is 23.2 Å². The maximum Gasteiger partial charge on any atom is 0.417 e. The SMILES string of the molecule is Cc1cc(C(F)(F)F)cnc1CCCC(=O)N1CCc2c(Cl)c(O)c(N)c(Cl)c2C1. The third kappa shape index (κ3) is 4.44. The number of carbonyl (C=O) groups is 1. The molecule has 162 valence electrons. The van der Waals surface area contributed by atoms with Gasteiger partial charge in [-0.15, -0.1) is 0 Å². The summed E-state index contributed by atoms with van der Waals surface area (Å²) in [6.45, 7) is 2.23. The molecule has 0 saturated carbocycles. The fourth-order valence-corrected chi connectivity index (χ4v) is 4.11. The molecule has 30 heavy (non-hydrogen) atoms. The number of hydrogen-bond acceptors (Lipinski definition) is 4. The first-order valence-corrected chi connectivity index (χ1v) is 10.0. The number of pyridine rings is 1. The number of fused-ring (bicyclic) bond motifs is 1. The number of nitrogens with zero attached hydrogens (tertiary/aromatic N) is 2. The topological polar surface area (TPSA) is 79.5 Å². The number of amides is 1. The predicted molar refractivity (Wildman–Crippen MR) is 109 cm³/mol. The quantitative estimate of drug-likeness (QED) is 0.500. The molecule has 3 rings (SSSR count). The van der Waals surface area contributed by atoms with E-state index in [0.29, 0.717) is 48.2 Å². The van der Waals surface area contributed by atoms with Gasteiger partial charge in [-0.3, -0.25) is 9.78 Å². The Hall–Kier alpha value is -2.19. The molecule has 1 aromatic carbocycles. The molecule has 1 aliphatic rings. The van der Waals surface area contributed by atoms with Crippen LogP contribution < -0.4 is 5.73 Å². The number of carbonyl (C=O) groups excluding carboxylic acids is 1. The maximum absolute atomic E-state index is 12.7. The largest absolute Gasteiger partial charge is 0.504 e. The minimum Gasteiger partial charge on any atom is -0.504 e. The maximum atomic E-state index is 12.7. The highest BCUT2D eigenvalue weighted by atomic mass is 35.5. The van der Waals surface area contributed by atoms with Gasteiger partial charge >= 0.3 is 6.18 Å². The van der Waals surface area contributed by atoms with Gasteiger partial charge in [0.1, 0.15) is 0 Å². The number of phenolic OH excluding ortho intramolecular Hbond substituents is 1. The highest BCUT2D eigenvalue weighted by Crippen LogP contribution is 2.43. The number of anilines is 1. The predicted octanol–water partition coefficient (Wildman–Crippen LogP) is 4.91. The highest BCUT2D eigenvalue weighted by Gasteiger charge is 2.31. The van der Waals surface area contributed by atoms with Crippen molar-refractivity contribution < 1.29 is 23.1 Å². The molecule has 1 aliphatic heterocycles. The number of halogens is 5. The Morgan fingerprint density at radius 2 is 2.00 bits per heavy atom. The molecule has 0 radical (unpaired) electrons. The molecule has 10 heteroatoms. The third-order valence-electron chi connectivity index (χ3n) is 5.25. The molecule has 5 nitrogen and oxygen atoms in total. The standard InChI is InChI=1S/C20H20Cl2F3N3O2/c1-10-7-11(20(23,24)25)8-27-14(10)3-2-4-15(29)28-6-5-12-13(9-28)16(21)18(26)19(30)17(12)22/h7-8,30H,2-6,9,26H2,1H3. The van der Waals surface area contributed by atoms with Crippen LogP contribution in [0.1, 0.15) is 40.8 Å². The molecule has 2 aromatic rings. The van der Waals surface area contributed by atoms with Crippen LogP contribution in [0.25, 0.3) is 0 Å². The lowest BCUT2D eigenvalue weighted by Crippen LogP contribution is -2.36. The molecule has 0 atom stereocenters. The van der Waals surface area contributed by atoms with Gasteiger partial charge in [-0.1, -0.05) is 23.2 Å². The number of phenols is 1. The van der Waals surface area contributed by atoms with E-state index in [2.05, 4.69) is 4.98 Å². The van der Waals surface area contributed by atoms with E-state index in [1.165, 1.54) is 0 Å². The lowest BCUT2D eigenvalue weighted by atomic mass is 9.97. The van der Waals surface area contributed by atoms with Gasteiger partial charge in [-0.05, 0) is 48.9 Å². The zero-order valence-corrected chi connectivity index (χ0v) is 17.6. The number of nitrogens with two attached hydrogens (primary N) is 1. The highest BCUT2D eigenvalue weighted by molar-refractivity contribution is 6.38. The van der Waals surface area contributed by atoms with Gasteiger partial charge in [0.2, 0.25) is 5.91 Å². The van der Waals surface area contributed by atoms with Crippen molar-refractivity contribution in [2.75, 3.05) is 12.3 Å². The van der Waals surface area contributed by atoms with Crippen LogP contribution in [0.15, 0.2) is 12.3 Å². The van der Waals surface area contributed by atoms with E-state index in [9.17, 15) is 23.1 Å². The molecule has 0 spiro atoms. The zero-order chi connectivity index (χ0) is 22.2. The fraction of sp³-hybridized carbons (Fsp3) is 0.400. The van der Waals surface area contributed by atoms with Crippen molar-refractivity contribution >= 4 is 34.8 Å². The zero-order valence-electron chi connectivity index (χ0n) is 16.1. The number of hydrogen-bond donors (Lipinski definition) is 2. The van der Waals surface area contributed by atoms with Crippen LogP contribution in [0.4, 0.5) is 18.9 Å². The Balaban J connectivity index is 1.62. The lowest BCUT2D eigenvalue weighted by Gasteiger charge is -2.31. The Morgan fingerprint density at radius 1 is 1.30 bits per heavy atom.